The van der Waals surface area contributed by atoms with Crippen LogP contribution in [0.1, 0.15) is 12.5 Å². The SMILES string of the molecule is CC1=CC=C2C(OC(=O)N2C(=O)C=Cc2ccccc2)O1. The number of amides is 2. The fourth-order valence-corrected chi connectivity index (χ4v) is 2.09. The summed E-state index contributed by atoms with van der Waals surface area (Å²) in [6, 6.07) is 9.36. The van der Waals surface area contributed by atoms with Gasteiger partial charge in [0.25, 0.3) is 12.2 Å². The van der Waals surface area contributed by atoms with Crippen LogP contribution in [0.4, 0.5) is 4.79 Å². The lowest BCUT2D eigenvalue weighted by Crippen LogP contribution is -2.30. The molecule has 0 saturated carbocycles. The lowest BCUT2D eigenvalue weighted by atomic mass is 10.2. The first kappa shape index (κ1) is 13.2. The zero-order chi connectivity index (χ0) is 14.8. The van der Waals surface area contributed by atoms with Crippen molar-refractivity contribution in [2.45, 2.75) is 13.2 Å². The number of benzene rings is 1. The second kappa shape index (κ2) is 5.28. The van der Waals surface area contributed by atoms with Crippen molar-refractivity contribution in [2.24, 2.45) is 0 Å². The van der Waals surface area contributed by atoms with E-state index in [-0.39, 0.29) is 0 Å². The monoisotopic (exact) mass is 283 g/mol. The highest BCUT2D eigenvalue weighted by Gasteiger charge is 2.42. The Balaban J connectivity index is 1.81. The highest BCUT2D eigenvalue weighted by atomic mass is 16.7. The molecule has 0 spiro atoms. The van der Waals surface area contributed by atoms with E-state index in [9.17, 15) is 9.59 Å². The van der Waals surface area contributed by atoms with E-state index in [0.717, 1.165) is 10.5 Å². The van der Waals surface area contributed by atoms with Gasteiger partial charge in [-0.2, -0.15) is 0 Å². The van der Waals surface area contributed by atoms with Crippen molar-refractivity contribution in [2.75, 3.05) is 0 Å². The molecule has 5 heteroatoms. The average Bonchev–Trinajstić information content (AvgIpc) is 2.81. The molecular formula is C16H13NO4. The van der Waals surface area contributed by atoms with E-state index >= 15 is 0 Å². The third-order valence-electron chi connectivity index (χ3n) is 3.11. The van der Waals surface area contributed by atoms with E-state index in [0.29, 0.717) is 11.5 Å². The molecule has 0 aliphatic carbocycles. The lowest BCUT2D eigenvalue weighted by molar-refractivity contribution is -0.121. The van der Waals surface area contributed by atoms with Gasteiger partial charge in [0.05, 0.1) is 5.76 Å². The number of rotatable bonds is 2. The van der Waals surface area contributed by atoms with Crippen LogP contribution in [-0.2, 0) is 14.3 Å². The Bertz CT molecular complexity index is 673. The Hall–Kier alpha value is -2.82. The number of hydrogen-bond donors (Lipinski definition) is 0. The summed E-state index contributed by atoms with van der Waals surface area (Å²) < 4.78 is 10.4. The fourth-order valence-electron chi connectivity index (χ4n) is 2.09. The maximum absolute atomic E-state index is 12.2. The van der Waals surface area contributed by atoms with Gasteiger partial charge in [0, 0.05) is 6.08 Å². The summed E-state index contributed by atoms with van der Waals surface area (Å²) in [7, 11) is 0. The summed E-state index contributed by atoms with van der Waals surface area (Å²) in [4.78, 5) is 25.0. The van der Waals surface area contributed by atoms with E-state index in [1.165, 1.54) is 6.08 Å². The maximum atomic E-state index is 12.2. The first-order chi connectivity index (χ1) is 10.1. The van der Waals surface area contributed by atoms with Gasteiger partial charge >= 0.3 is 6.09 Å². The van der Waals surface area contributed by atoms with E-state index in [1.54, 1.807) is 25.2 Å². The van der Waals surface area contributed by atoms with Gasteiger partial charge in [-0.05, 0) is 30.7 Å². The van der Waals surface area contributed by atoms with E-state index in [2.05, 4.69) is 0 Å². The summed E-state index contributed by atoms with van der Waals surface area (Å²) in [5.41, 5.74) is 1.27. The van der Waals surface area contributed by atoms with Gasteiger partial charge < -0.3 is 9.47 Å². The van der Waals surface area contributed by atoms with Crippen molar-refractivity contribution in [1.82, 2.24) is 4.90 Å². The molecule has 1 fully saturated rings. The summed E-state index contributed by atoms with van der Waals surface area (Å²) in [6.07, 6.45) is 4.77. The number of hydrogen-bond acceptors (Lipinski definition) is 4. The molecule has 0 radical (unpaired) electrons. The number of carbonyl (C=O) groups excluding carboxylic acids is 2. The third-order valence-corrected chi connectivity index (χ3v) is 3.11. The second-order valence-electron chi connectivity index (χ2n) is 4.62. The van der Waals surface area contributed by atoms with Gasteiger partial charge in [-0.25, -0.2) is 9.69 Å². The van der Waals surface area contributed by atoms with Crippen molar-refractivity contribution < 1.29 is 19.1 Å². The van der Waals surface area contributed by atoms with Crippen LogP contribution in [0, 0.1) is 0 Å². The zero-order valence-corrected chi connectivity index (χ0v) is 11.4. The van der Waals surface area contributed by atoms with Crippen LogP contribution in [0.3, 0.4) is 0 Å². The number of imide groups is 1. The van der Waals surface area contributed by atoms with Crippen LogP contribution < -0.4 is 0 Å². The van der Waals surface area contributed by atoms with Gasteiger partial charge in [0.1, 0.15) is 5.70 Å². The van der Waals surface area contributed by atoms with Crippen LogP contribution in [0.15, 0.2) is 60.0 Å². The Morgan fingerprint density at radius 3 is 2.71 bits per heavy atom. The Morgan fingerprint density at radius 1 is 1.19 bits per heavy atom. The molecular weight excluding hydrogens is 270 g/mol. The number of nitrogens with zero attached hydrogens (tertiary/aromatic N) is 1. The zero-order valence-electron chi connectivity index (χ0n) is 11.4. The molecule has 106 valence electrons. The molecule has 0 N–H and O–H groups in total. The minimum Gasteiger partial charge on any atom is -0.454 e. The minimum absolute atomic E-state index is 0.397. The summed E-state index contributed by atoms with van der Waals surface area (Å²) in [5.74, 6) is 0.167. The number of allylic oxidation sites excluding steroid dienone is 3. The van der Waals surface area contributed by atoms with Crippen LogP contribution in [0.25, 0.3) is 6.08 Å². The normalized spacial score (nSPS) is 20.5. The number of fused-ring (bicyclic) bond motifs is 1. The molecule has 2 amide bonds. The molecule has 1 saturated heterocycles. The van der Waals surface area contributed by atoms with Gasteiger partial charge in [-0.1, -0.05) is 30.3 Å². The molecule has 1 unspecified atom stereocenters. The second-order valence-corrected chi connectivity index (χ2v) is 4.62. The maximum Gasteiger partial charge on any atom is 0.424 e. The van der Waals surface area contributed by atoms with Gasteiger partial charge in [-0.15, -0.1) is 0 Å². The Kier molecular flexibility index (Phi) is 3.31. The molecule has 2 heterocycles. The first-order valence-electron chi connectivity index (χ1n) is 6.48. The van der Waals surface area contributed by atoms with Crippen LogP contribution in [0.2, 0.25) is 0 Å². The number of ether oxygens (including phenoxy) is 2. The van der Waals surface area contributed by atoms with Crippen LogP contribution >= 0.6 is 0 Å². The largest absolute Gasteiger partial charge is 0.454 e. The molecule has 2 aliphatic heterocycles. The summed E-state index contributed by atoms with van der Waals surface area (Å²) in [5, 5.41) is 0. The Morgan fingerprint density at radius 2 is 1.95 bits per heavy atom. The first-order valence-corrected chi connectivity index (χ1v) is 6.48. The fraction of sp³-hybridized carbons (Fsp3) is 0.125. The highest BCUT2D eigenvalue weighted by Crippen LogP contribution is 2.29. The summed E-state index contributed by atoms with van der Waals surface area (Å²) in [6.45, 7) is 1.75. The molecule has 1 atom stereocenters. The molecule has 21 heavy (non-hydrogen) atoms. The molecule has 2 aliphatic rings. The molecule has 5 nitrogen and oxygen atoms in total. The third kappa shape index (κ3) is 2.58. The van der Waals surface area contributed by atoms with Gasteiger partial charge in [0.15, 0.2) is 0 Å². The van der Waals surface area contributed by atoms with Crippen LogP contribution in [-0.4, -0.2) is 23.2 Å². The van der Waals surface area contributed by atoms with E-state index in [1.807, 2.05) is 30.3 Å². The molecule has 0 bridgehead atoms. The van der Waals surface area contributed by atoms with Crippen molar-refractivity contribution in [3.8, 4) is 0 Å². The van der Waals surface area contributed by atoms with Crippen molar-refractivity contribution in [3.63, 3.8) is 0 Å². The Labute approximate surface area is 121 Å². The lowest BCUT2D eigenvalue weighted by Gasteiger charge is -2.18. The molecule has 0 aromatic heterocycles. The molecule has 1 aromatic rings. The van der Waals surface area contributed by atoms with E-state index in [4.69, 9.17) is 9.47 Å². The van der Waals surface area contributed by atoms with Crippen molar-refractivity contribution in [1.29, 1.82) is 0 Å². The smallest absolute Gasteiger partial charge is 0.424 e. The minimum atomic E-state index is -0.837. The van der Waals surface area contributed by atoms with Gasteiger partial charge in [-0.3, -0.25) is 4.79 Å². The predicted octanol–water partition coefficient (Wildman–Crippen LogP) is 2.82. The standard InChI is InChI=1S/C16H13NO4/c1-11-7-9-13-15(20-11)21-16(19)17(13)14(18)10-8-12-5-3-2-4-6-12/h2-10,15H,1H3. The number of carbonyl (C=O) groups is 2. The van der Waals surface area contributed by atoms with Gasteiger partial charge in [0.2, 0.25) is 0 Å². The topological polar surface area (TPSA) is 55.8 Å². The molecule has 3 rings (SSSR count). The predicted molar refractivity (Wildman–Crippen MR) is 75.5 cm³/mol. The average molecular weight is 283 g/mol. The highest BCUT2D eigenvalue weighted by molar-refractivity contribution is 6.03. The molecule has 1 aromatic carbocycles. The van der Waals surface area contributed by atoms with Crippen molar-refractivity contribution >= 4 is 18.1 Å². The van der Waals surface area contributed by atoms with Crippen LogP contribution in [0.5, 0.6) is 0 Å². The quantitative estimate of drug-likeness (QED) is 0.783. The summed E-state index contributed by atoms with van der Waals surface area (Å²) >= 11 is 0. The van der Waals surface area contributed by atoms with Crippen molar-refractivity contribution in [3.05, 3.63) is 65.6 Å². The van der Waals surface area contributed by atoms with E-state index < -0.39 is 18.3 Å².